The largest absolute Gasteiger partial charge is 0.497 e. The molecule has 0 aliphatic carbocycles. The number of benzene rings is 1. The summed E-state index contributed by atoms with van der Waals surface area (Å²) in [6, 6.07) is 7.30. The van der Waals surface area contributed by atoms with Gasteiger partial charge < -0.3 is 14.6 Å². The van der Waals surface area contributed by atoms with E-state index in [1.807, 2.05) is 11.4 Å². The van der Waals surface area contributed by atoms with E-state index in [9.17, 15) is 5.11 Å². The van der Waals surface area contributed by atoms with Crippen LogP contribution in [0.25, 0.3) is 0 Å². The molecule has 18 heavy (non-hydrogen) atoms. The van der Waals surface area contributed by atoms with Crippen LogP contribution in [0.15, 0.2) is 34.1 Å². The predicted octanol–water partition coefficient (Wildman–Crippen LogP) is 3.61. The topological polar surface area (TPSA) is 38.7 Å². The Morgan fingerprint density at radius 1 is 1.17 bits per heavy atom. The number of aliphatic hydroxyl groups is 1. The van der Waals surface area contributed by atoms with Gasteiger partial charge in [-0.1, -0.05) is 0 Å². The number of thiophene rings is 1. The van der Waals surface area contributed by atoms with Crippen LogP contribution < -0.4 is 9.47 Å². The second-order valence-corrected chi connectivity index (χ2v) is 5.48. The van der Waals surface area contributed by atoms with E-state index in [0.717, 1.165) is 14.9 Å². The first-order chi connectivity index (χ1) is 8.65. The van der Waals surface area contributed by atoms with Crippen LogP contribution in [0.3, 0.4) is 0 Å². The van der Waals surface area contributed by atoms with E-state index >= 15 is 0 Å². The third kappa shape index (κ3) is 2.68. The summed E-state index contributed by atoms with van der Waals surface area (Å²) in [5.41, 5.74) is 0.745. The molecule has 1 atom stereocenters. The Hall–Kier alpha value is -1.04. The highest BCUT2D eigenvalue weighted by Crippen LogP contribution is 2.35. The smallest absolute Gasteiger partial charge is 0.122 e. The average Bonchev–Trinajstić information content (AvgIpc) is 2.83. The molecule has 0 aliphatic heterocycles. The molecular formula is C13H13BrO3S. The summed E-state index contributed by atoms with van der Waals surface area (Å²) in [6.45, 7) is 0. The number of hydrogen-bond acceptors (Lipinski definition) is 4. The van der Waals surface area contributed by atoms with Crippen LogP contribution in [0.2, 0.25) is 0 Å². The SMILES string of the molecule is COc1cc(OC)cc(C(O)c2sccc2Br)c1. The van der Waals surface area contributed by atoms with Crippen molar-refractivity contribution in [3.8, 4) is 11.5 Å². The third-order valence-electron chi connectivity index (χ3n) is 2.58. The summed E-state index contributed by atoms with van der Waals surface area (Å²) in [6.07, 6.45) is -0.691. The molecule has 1 heterocycles. The Kier molecular flexibility index (Phi) is 4.27. The number of aliphatic hydroxyl groups excluding tert-OH is 1. The second-order valence-electron chi connectivity index (χ2n) is 3.68. The average molecular weight is 329 g/mol. The first-order valence-corrected chi connectivity index (χ1v) is 6.97. The minimum Gasteiger partial charge on any atom is -0.497 e. The summed E-state index contributed by atoms with van der Waals surface area (Å²) in [5.74, 6) is 1.33. The fourth-order valence-electron chi connectivity index (χ4n) is 1.64. The minimum absolute atomic E-state index is 0.663. The molecular weight excluding hydrogens is 316 g/mol. The van der Waals surface area contributed by atoms with Gasteiger partial charge in [-0.15, -0.1) is 11.3 Å². The number of methoxy groups -OCH3 is 2. The molecule has 0 saturated heterocycles. The monoisotopic (exact) mass is 328 g/mol. The normalized spacial score (nSPS) is 12.2. The van der Waals surface area contributed by atoms with Crippen molar-refractivity contribution in [1.82, 2.24) is 0 Å². The van der Waals surface area contributed by atoms with Crippen molar-refractivity contribution in [2.45, 2.75) is 6.10 Å². The van der Waals surface area contributed by atoms with Gasteiger partial charge in [0.15, 0.2) is 0 Å². The molecule has 0 saturated carbocycles. The van der Waals surface area contributed by atoms with Crippen molar-refractivity contribution in [1.29, 1.82) is 0 Å². The van der Waals surface area contributed by atoms with E-state index in [-0.39, 0.29) is 0 Å². The van der Waals surface area contributed by atoms with Crippen LogP contribution in [0.5, 0.6) is 11.5 Å². The minimum atomic E-state index is -0.691. The van der Waals surface area contributed by atoms with Crippen molar-refractivity contribution in [2.75, 3.05) is 14.2 Å². The van der Waals surface area contributed by atoms with Crippen molar-refractivity contribution in [3.05, 3.63) is 44.6 Å². The molecule has 0 amide bonds. The summed E-state index contributed by atoms with van der Waals surface area (Å²) in [5, 5.41) is 12.3. The maximum Gasteiger partial charge on any atom is 0.122 e. The number of ether oxygens (including phenoxy) is 2. The van der Waals surface area contributed by atoms with E-state index in [0.29, 0.717) is 11.5 Å². The molecule has 96 valence electrons. The Labute approximate surface area is 118 Å². The highest BCUT2D eigenvalue weighted by atomic mass is 79.9. The van der Waals surface area contributed by atoms with Crippen LogP contribution in [0.1, 0.15) is 16.5 Å². The van der Waals surface area contributed by atoms with E-state index in [2.05, 4.69) is 15.9 Å². The number of halogens is 1. The standard InChI is InChI=1S/C13H13BrO3S/c1-16-9-5-8(6-10(7-9)17-2)12(15)13-11(14)3-4-18-13/h3-7,12,15H,1-2H3. The summed E-state index contributed by atoms with van der Waals surface area (Å²) in [4.78, 5) is 0.866. The van der Waals surface area contributed by atoms with Crippen LogP contribution in [-0.2, 0) is 0 Å². The zero-order valence-corrected chi connectivity index (χ0v) is 12.4. The Morgan fingerprint density at radius 3 is 2.22 bits per heavy atom. The lowest BCUT2D eigenvalue weighted by Gasteiger charge is -2.13. The van der Waals surface area contributed by atoms with Crippen LogP contribution >= 0.6 is 27.3 Å². The summed E-state index contributed by atoms with van der Waals surface area (Å²) < 4.78 is 11.3. The molecule has 1 aromatic carbocycles. The van der Waals surface area contributed by atoms with Crippen molar-refractivity contribution in [2.24, 2.45) is 0 Å². The van der Waals surface area contributed by atoms with Gasteiger partial charge in [-0.25, -0.2) is 0 Å². The molecule has 0 radical (unpaired) electrons. The first kappa shape index (κ1) is 13.4. The van der Waals surface area contributed by atoms with Crippen LogP contribution in [0, 0.1) is 0 Å². The lowest BCUT2D eigenvalue weighted by molar-refractivity contribution is 0.222. The van der Waals surface area contributed by atoms with Gasteiger partial charge in [0.1, 0.15) is 17.6 Å². The van der Waals surface area contributed by atoms with Gasteiger partial charge in [-0.05, 0) is 45.1 Å². The molecule has 1 N–H and O–H groups in total. The Morgan fingerprint density at radius 2 is 1.78 bits per heavy atom. The predicted molar refractivity (Wildman–Crippen MR) is 75.6 cm³/mol. The maximum atomic E-state index is 10.4. The van der Waals surface area contributed by atoms with E-state index in [1.165, 1.54) is 11.3 Å². The van der Waals surface area contributed by atoms with Gasteiger partial charge in [0, 0.05) is 10.5 Å². The molecule has 1 aromatic heterocycles. The lowest BCUT2D eigenvalue weighted by Crippen LogP contribution is -1.99. The highest BCUT2D eigenvalue weighted by molar-refractivity contribution is 9.10. The van der Waals surface area contributed by atoms with Gasteiger partial charge in [0.2, 0.25) is 0 Å². The maximum absolute atomic E-state index is 10.4. The molecule has 0 fully saturated rings. The van der Waals surface area contributed by atoms with E-state index in [4.69, 9.17) is 9.47 Å². The quantitative estimate of drug-likeness (QED) is 0.931. The molecule has 2 aromatic rings. The Balaban J connectivity index is 2.41. The number of rotatable bonds is 4. The number of hydrogen-bond donors (Lipinski definition) is 1. The molecule has 0 aliphatic rings. The third-order valence-corrected chi connectivity index (χ3v) is 4.51. The summed E-state index contributed by atoms with van der Waals surface area (Å²) in [7, 11) is 3.18. The fourth-order valence-corrected chi connectivity index (χ4v) is 3.24. The molecule has 3 nitrogen and oxygen atoms in total. The zero-order chi connectivity index (χ0) is 13.1. The Bertz CT molecular complexity index is 517. The molecule has 5 heteroatoms. The summed E-state index contributed by atoms with van der Waals surface area (Å²) >= 11 is 4.92. The van der Waals surface area contributed by atoms with Crippen molar-refractivity contribution in [3.63, 3.8) is 0 Å². The van der Waals surface area contributed by atoms with Gasteiger partial charge in [0.05, 0.1) is 19.1 Å². The first-order valence-electron chi connectivity index (χ1n) is 5.29. The second kappa shape index (κ2) is 5.73. The molecule has 2 rings (SSSR count). The van der Waals surface area contributed by atoms with Crippen molar-refractivity contribution >= 4 is 27.3 Å². The van der Waals surface area contributed by atoms with Gasteiger partial charge >= 0.3 is 0 Å². The van der Waals surface area contributed by atoms with Gasteiger partial charge in [-0.2, -0.15) is 0 Å². The van der Waals surface area contributed by atoms with E-state index in [1.54, 1.807) is 32.4 Å². The van der Waals surface area contributed by atoms with Crippen LogP contribution in [-0.4, -0.2) is 19.3 Å². The molecule has 1 unspecified atom stereocenters. The zero-order valence-electron chi connectivity index (χ0n) is 10.0. The van der Waals surface area contributed by atoms with Crippen LogP contribution in [0.4, 0.5) is 0 Å². The lowest BCUT2D eigenvalue weighted by atomic mass is 10.1. The fraction of sp³-hybridized carbons (Fsp3) is 0.231. The highest BCUT2D eigenvalue weighted by Gasteiger charge is 2.17. The van der Waals surface area contributed by atoms with Gasteiger partial charge in [0.25, 0.3) is 0 Å². The molecule has 0 bridgehead atoms. The van der Waals surface area contributed by atoms with E-state index < -0.39 is 6.10 Å². The molecule has 0 spiro atoms. The van der Waals surface area contributed by atoms with Gasteiger partial charge in [-0.3, -0.25) is 0 Å². The van der Waals surface area contributed by atoms with Crippen molar-refractivity contribution < 1.29 is 14.6 Å².